The lowest BCUT2D eigenvalue weighted by atomic mass is 10.1. The van der Waals surface area contributed by atoms with Crippen molar-refractivity contribution in [2.45, 2.75) is 13.5 Å². The van der Waals surface area contributed by atoms with Crippen LogP contribution in [0.4, 0.5) is 11.5 Å². The van der Waals surface area contributed by atoms with Gasteiger partial charge >= 0.3 is 0 Å². The lowest BCUT2D eigenvalue weighted by Gasteiger charge is -2.26. The number of nitrogens with one attached hydrogen (secondary N) is 1. The minimum absolute atomic E-state index is 0.522. The van der Waals surface area contributed by atoms with Gasteiger partial charge in [-0.05, 0) is 60.5 Å². The largest absolute Gasteiger partial charge is 0.379 e. The van der Waals surface area contributed by atoms with Gasteiger partial charge in [0.15, 0.2) is 0 Å². The molecule has 1 fully saturated rings. The first kappa shape index (κ1) is 22.8. The van der Waals surface area contributed by atoms with Crippen molar-refractivity contribution in [2.24, 2.45) is 0 Å². The summed E-state index contributed by atoms with van der Waals surface area (Å²) in [7, 11) is 2.01. The fourth-order valence-corrected chi connectivity index (χ4v) is 4.51. The molecule has 7 nitrogen and oxygen atoms in total. The van der Waals surface area contributed by atoms with E-state index in [1.807, 2.05) is 43.7 Å². The number of aryl methyl sites for hydroxylation is 1. The van der Waals surface area contributed by atoms with Crippen LogP contribution in [0.25, 0.3) is 23.1 Å². The van der Waals surface area contributed by atoms with Gasteiger partial charge < -0.3 is 14.6 Å². The lowest BCUT2D eigenvalue weighted by Crippen LogP contribution is -2.35. The van der Waals surface area contributed by atoms with Crippen LogP contribution in [-0.4, -0.2) is 53.2 Å². The molecular weight excluding hydrogens is 436 g/mol. The number of fused-ring (bicyclic) bond motifs is 1. The minimum atomic E-state index is 0.522. The summed E-state index contributed by atoms with van der Waals surface area (Å²) < 4.78 is 5.43. The molecule has 0 aliphatic carbocycles. The molecule has 4 aromatic rings. The van der Waals surface area contributed by atoms with Crippen molar-refractivity contribution in [1.29, 1.82) is 5.26 Å². The molecule has 4 heterocycles. The number of aromatic nitrogens is 3. The molecule has 1 aromatic carbocycles. The van der Waals surface area contributed by atoms with Crippen molar-refractivity contribution in [3.8, 4) is 6.07 Å². The number of nitriles is 1. The van der Waals surface area contributed by atoms with E-state index in [0.717, 1.165) is 61.1 Å². The van der Waals surface area contributed by atoms with E-state index in [4.69, 9.17) is 4.74 Å². The molecule has 5 rings (SSSR count). The molecule has 0 amide bonds. The summed E-state index contributed by atoms with van der Waals surface area (Å²) in [5.41, 5.74) is 6.77. The molecule has 35 heavy (non-hydrogen) atoms. The topological polar surface area (TPSA) is 81.1 Å². The Bertz CT molecular complexity index is 1390. The highest BCUT2D eigenvalue weighted by molar-refractivity contribution is 5.89. The average Bonchev–Trinajstić information content (AvgIpc) is 3.38. The van der Waals surface area contributed by atoms with Crippen LogP contribution < -0.4 is 4.90 Å². The van der Waals surface area contributed by atoms with Crippen molar-refractivity contribution >= 4 is 34.6 Å². The number of hydrogen-bond acceptors (Lipinski definition) is 6. The highest BCUT2D eigenvalue weighted by Gasteiger charge is 2.15. The van der Waals surface area contributed by atoms with E-state index in [-0.39, 0.29) is 0 Å². The lowest BCUT2D eigenvalue weighted by molar-refractivity contribution is 0.0341. The number of ether oxygens (including phenoxy) is 1. The maximum absolute atomic E-state index is 9.44. The first-order valence-corrected chi connectivity index (χ1v) is 11.8. The van der Waals surface area contributed by atoms with Crippen molar-refractivity contribution in [1.82, 2.24) is 19.9 Å². The quantitative estimate of drug-likeness (QED) is 0.437. The van der Waals surface area contributed by atoms with E-state index in [1.165, 1.54) is 16.5 Å². The molecule has 1 aliphatic rings. The maximum Gasteiger partial charge on any atom is 0.140 e. The van der Waals surface area contributed by atoms with Gasteiger partial charge in [0.2, 0.25) is 0 Å². The Morgan fingerprint density at radius 3 is 2.74 bits per heavy atom. The smallest absolute Gasteiger partial charge is 0.140 e. The van der Waals surface area contributed by atoms with Gasteiger partial charge in [0.1, 0.15) is 11.9 Å². The third-order valence-electron chi connectivity index (χ3n) is 6.47. The zero-order valence-corrected chi connectivity index (χ0v) is 20.0. The van der Waals surface area contributed by atoms with Crippen LogP contribution in [0.2, 0.25) is 0 Å². The second-order valence-electron chi connectivity index (χ2n) is 8.77. The van der Waals surface area contributed by atoms with E-state index < -0.39 is 0 Å². The molecule has 176 valence electrons. The van der Waals surface area contributed by atoms with E-state index in [1.54, 1.807) is 6.20 Å². The number of benzene rings is 1. The second kappa shape index (κ2) is 10.1. The summed E-state index contributed by atoms with van der Waals surface area (Å²) in [6, 6.07) is 14.5. The molecule has 0 spiro atoms. The number of aromatic amines is 1. The van der Waals surface area contributed by atoms with Crippen LogP contribution in [0, 0.1) is 18.3 Å². The summed E-state index contributed by atoms with van der Waals surface area (Å²) in [4.78, 5) is 17.0. The van der Waals surface area contributed by atoms with Crippen LogP contribution in [-0.2, 0) is 11.3 Å². The van der Waals surface area contributed by atoms with Crippen LogP contribution in [0.1, 0.15) is 27.9 Å². The number of rotatable bonds is 6. The van der Waals surface area contributed by atoms with Crippen molar-refractivity contribution in [3.05, 3.63) is 82.9 Å². The van der Waals surface area contributed by atoms with E-state index in [9.17, 15) is 5.26 Å². The molecule has 0 bridgehead atoms. The van der Waals surface area contributed by atoms with Crippen LogP contribution in [0.15, 0.2) is 55.0 Å². The molecule has 0 atom stereocenters. The summed E-state index contributed by atoms with van der Waals surface area (Å²) in [5, 5.41) is 10.6. The molecule has 1 aliphatic heterocycles. The molecule has 0 unspecified atom stereocenters. The zero-order valence-electron chi connectivity index (χ0n) is 20.0. The first-order valence-electron chi connectivity index (χ1n) is 11.8. The maximum atomic E-state index is 9.44. The van der Waals surface area contributed by atoms with Gasteiger partial charge in [0.05, 0.1) is 24.5 Å². The number of morpholine rings is 1. The number of anilines is 2. The monoisotopic (exact) mass is 464 g/mol. The standard InChI is InChI=1S/C28H28N6O/c1-20-25-9-10-30-26(25)7-8-27(20)33(2)28-23(15-22(16-29)18-32-28)4-6-24-5-3-21(17-31-24)19-34-11-13-35-14-12-34/h3-10,15,17-18,30H,11-14,19H2,1-2H3. The molecule has 1 N–H and O–H groups in total. The third-order valence-corrected chi connectivity index (χ3v) is 6.47. The molecule has 7 heteroatoms. The Balaban J connectivity index is 1.40. The van der Waals surface area contributed by atoms with Gasteiger partial charge in [-0.2, -0.15) is 5.26 Å². The summed E-state index contributed by atoms with van der Waals surface area (Å²) in [6.45, 7) is 6.49. The third kappa shape index (κ3) is 4.94. The predicted octanol–water partition coefficient (Wildman–Crippen LogP) is 4.91. The van der Waals surface area contributed by atoms with Gasteiger partial charge in [0.25, 0.3) is 0 Å². The SMILES string of the molecule is Cc1c(N(C)c2ncc(C#N)cc2C=Cc2ccc(CN3CCOCC3)cn2)ccc2[nH]ccc12. The summed E-state index contributed by atoms with van der Waals surface area (Å²) in [6.07, 6.45) is 9.45. The van der Waals surface area contributed by atoms with Crippen molar-refractivity contribution < 1.29 is 4.74 Å². The Labute approximate surface area is 205 Å². The Morgan fingerprint density at radius 2 is 1.97 bits per heavy atom. The van der Waals surface area contributed by atoms with Crippen molar-refractivity contribution in [3.63, 3.8) is 0 Å². The number of hydrogen-bond donors (Lipinski definition) is 1. The predicted molar refractivity (Wildman–Crippen MR) is 139 cm³/mol. The van der Waals surface area contributed by atoms with Gasteiger partial charge in [-0.3, -0.25) is 9.88 Å². The van der Waals surface area contributed by atoms with Crippen LogP contribution in [0.5, 0.6) is 0 Å². The Morgan fingerprint density at radius 1 is 1.11 bits per heavy atom. The van der Waals surface area contributed by atoms with Gasteiger partial charge in [-0.25, -0.2) is 4.98 Å². The second-order valence-corrected chi connectivity index (χ2v) is 8.77. The minimum Gasteiger partial charge on any atom is -0.379 e. The Hall–Kier alpha value is -3.99. The average molecular weight is 465 g/mol. The summed E-state index contributed by atoms with van der Waals surface area (Å²) >= 11 is 0. The van der Waals surface area contributed by atoms with Crippen LogP contribution in [0.3, 0.4) is 0 Å². The number of H-pyrrole nitrogens is 1. The normalized spacial score (nSPS) is 14.4. The fourth-order valence-electron chi connectivity index (χ4n) is 4.51. The highest BCUT2D eigenvalue weighted by Crippen LogP contribution is 2.33. The zero-order chi connectivity index (χ0) is 24.2. The fraction of sp³-hybridized carbons (Fsp3) is 0.250. The molecule has 1 saturated heterocycles. The molecule has 3 aromatic heterocycles. The first-order chi connectivity index (χ1) is 17.1. The van der Waals surface area contributed by atoms with Gasteiger partial charge in [0, 0.05) is 67.4 Å². The summed E-state index contributed by atoms with van der Waals surface area (Å²) in [5.74, 6) is 0.780. The van der Waals surface area contributed by atoms with E-state index in [2.05, 4.69) is 62.0 Å². The van der Waals surface area contributed by atoms with Gasteiger partial charge in [-0.15, -0.1) is 0 Å². The molecular formula is C28H28N6O. The van der Waals surface area contributed by atoms with Crippen molar-refractivity contribution in [2.75, 3.05) is 38.3 Å². The molecule has 0 saturated carbocycles. The van der Waals surface area contributed by atoms with E-state index >= 15 is 0 Å². The van der Waals surface area contributed by atoms with Gasteiger partial charge in [-0.1, -0.05) is 6.07 Å². The molecule has 0 radical (unpaired) electrons. The highest BCUT2D eigenvalue weighted by atomic mass is 16.5. The Kier molecular flexibility index (Phi) is 6.57. The number of nitrogens with zero attached hydrogens (tertiary/aromatic N) is 5. The van der Waals surface area contributed by atoms with Crippen LogP contribution >= 0.6 is 0 Å². The van der Waals surface area contributed by atoms with E-state index in [0.29, 0.717) is 5.56 Å². The number of pyridine rings is 2.